The molecule has 2 aromatic carbocycles. The van der Waals surface area contributed by atoms with Gasteiger partial charge in [0.2, 0.25) is 0 Å². The van der Waals surface area contributed by atoms with E-state index in [1.807, 2.05) is 31.2 Å². The van der Waals surface area contributed by atoms with Gasteiger partial charge in [-0.25, -0.2) is 14.4 Å². The largest absolute Gasteiger partial charge is 0.391 e. The molecule has 24 heavy (non-hydrogen) atoms. The fourth-order valence-corrected chi connectivity index (χ4v) is 3.56. The maximum atomic E-state index is 13.7. The average Bonchev–Trinajstić information content (AvgIpc) is 2.96. The molecule has 4 rings (SSSR count). The molecule has 0 amide bonds. The SMILES string of the molecule is Cc1cccc2ncnc(N3C[C@H](O)C[C@@H]3c3cccc(F)c3)c12. The number of benzene rings is 2. The Morgan fingerprint density at radius 3 is 2.83 bits per heavy atom. The summed E-state index contributed by atoms with van der Waals surface area (Å²) < 4.78 is 13.7. The summed E-state index contributed by atoms with van der Waals surface area (Å²) in [6, 6.07) is 12.4. The Labute approximate surface area is 139 Å². The van der Waals surface area contributed by atoms with Crippen LogP contribution in [0.5, 0.6) is 0 Å². The number of aliphatic hydroxyl groups excluding tert-OH is 1. The zero-order chi connectivity index (χ0) is 16.7. The van der Waals surface area contributed by atoms with Crippen molar-refractivity contribution in [2.45, 2.75) is 25.5 Å². The first-order valence-electron chi connectivity index (χ1n) is 8.04. The zero-order valence-corrected chi connectivity index (χ0v) is 13.4. The first kappa shape index (κ1) is 15.0. The highest BCUT2D eigenvalue weighted by Crippen LogP contribution is 2.38. The summed E-state index contributed by atoms with van der Waals surface area (Å²) in [6.07, 6.45) is 1.64. The summed E-state index contributed by atoms with van der Waals surface area (Å²) in [6.45, 7) is 2.50. The number of rotatable bonds is 2. The van der Waals surface area contributed by atoms with E-state index >= 15 is 0 Å². The molecule has 1 saturated heterocycles. The third-order valence-corrected chi connectivity index (χ3v) is 4.64. The summed E-state index contributed by atoms with van der Waals surface area (Å²) in [5.41, 5.74) is 2.81. The average molecular weight is 323 g/mol. The number of aryl methyl sites for hydroxylation is 1. The number of nitrogens with zero attached hydrogens (tertiary/aromatic N) is 3. The number of anilines is 1. The van der Waals surface area contributed by atoms with E-state index in [-0.39, 0.29) is 11.9 Å². The number of aromatic nitrogens is 2. The fraction of sp³-hybridized carbons (Fsp3) is 0.263. The van der Waals surface area contributed by atoms with Crippen molar-refractivity contribution in [2.75, 3.05) is 11.4 Å². The standard InChI is InChI=1S/C19H18FN3O/c1-12-4-2-7-16-18(12)19(22-11-21-16)23-10-15(24)9-17(23)13-5-3-6-14(20)8-13/h2-8,11,15,17,24H,9-10H2,1H3/t15-,17-/m1/s1. The van der Waals surface area contributed by atoms with Gasteiger partial charge in [0.25, 0.3) is 0 Å². The van der Waals surface area contributed by atoms with Crippen LogP contribution in [0.2, 0.25) is 0 Å². The monoisotopic (exact) mass is 323 g/mol. The molecule has 5 heteroatoms. The van der Waals surface area contributed by atoms with E-state index in [0.29, 0.717) is 13.0 Å². The van der Waals surface area contributed by atoms with Crippen molar-refractivity contribution in [1.82, 2.24) is 9.97 Å². The van der Waals surface area contributed by atoms with Gasteiger partial charge in [-0.3, -0.25) is 0 Å². The normalized spacial score (nSPS) is 20.7. The van der Waals surface area contributed by atoms with Crippen molar-refractivity contribution < 1.29 is 9.50 Å². The lowest BCUT2D eigenvalue weighted by Crippen LogP contribution is -2.25. The predicted molar refractivity (Wildman–Crippen MR) is 91.4 cm³/mol. The molecule has 1 aromatic heterocycles. The molecule has 0 radical (unpaired) electrons. The molecular formula is C19H18FN3O. The van der Waals surface area contributed by atoms with Crippen LogP contribution in [0.4, 0.5) is 10.2 Å². The Morgan fingerprint density at radius 1 is 1.17 bits per heavy atom. The van der Waals surface area contributed by atoms with Crippen LogP contribution in [0.15, 0.2) is 48.8 Å². The summed E-state index contributed by atoms with van der Waals surface area (Å²) in [5, 5.41) is 11.2. The minimum Gasteiger partial charge on any atom is -0.391 e. The van der Waals surface area contributed by atoms with E-state index in [2.05, 4.69) is 14.9 Å². The topological polar surface area (TPSA) is 49.2 Å². The molecule has 1 N–H and O–H groups in total. The number of hydrogen-bond donors (Lipinski definition) is 1. The summed E-state index contributed by atoms with van der Waals surface area (Å²) >= 11 is 0. The van der Waals surface area contributed by atoms with E-state index in [4.69, 9.17) is 0 Å². The molecule has 122 valence electrons. The highest BCUT2D eigenvalue weighted by atomic mass is 19.1. The molecule has 2 atom stereocenters. The van der Waals surface area contributed by atoms with Crippen LogP contribution in [0.1, 0.15) is 23.6 Å². The van der Waals surface area contributed by atoms with Gasteiger partial charge < -0.3 is 10.0 Å². The van der Waals surface area contributed by atoms with Crippen molar-refractivity contribution in [3.8, 4) is 0 Å². The van der Waals surface area contributed by atoms with Gasteiger partial charge in [-0.05, 0) is 42.7 Å². The fourth-order valence-electron chi connectivity index (χ4n) is 3.56. The van der Waals surface area contributed by atoms with Crippen LogP contribution < -0.4 is 4.90 Å². The summed E-state index contributed by atoms with van der Waals surface area (Å²) in [7, 11) is 0. The Morgan fingerprint density at radius 2 is 2.00 bits per heavy atom. The molecule has 1 aliphatic heterocycles. The molecule has 0 bridgehead atoms. The quantitative estimate of drug-likeness (QED) is 0.785. The molecule has 4 nitrogen and oxygen atoms in total. The van der Waals surface area contributed by atoms with Crippen molar-refractivity contribution >= 4 is 16.7 Å². The Balaban J connectivity index is 1.85. The van der Waals surface area contributed by atoms with Crippen molar-refractivity contribution in [2.24, 2.45) is 0 Å². The zero-order valence-electron chi connectivity index (χ0n) is 13.4. The van der Waals surface area contributed by atoms with Gasteiger partial charge in [0.1, 0.15) is 18.0 Å². The van der Waals surface area contributed by atoms with E-state index < -0.39 is 6.10 Å². The third kappa shape index (κ3) is 2.51. The maximum Gasteiger partial charge on any atom is 0.140 e. The Bertz CT molecular complexity index is 893. The second-order valence-corrected chi connectivity index (χ2v) is 6.28. The minimum atomic E-state index is -0.465. The van der Waals surface area contributed by atoms with Crippen LogP contribution >= 0.6 is 0 Å². The minimum absolute atomic E-state index is 0.103. The molecule has 1 aliphatic rings. The first-order valence-corrected chi connectivity index (χ1v) is 8.04. The molecule has 3 aromatic rings. The van der Waals surface area contributed by atoms with Crippen LogP contribution in [0, 0.1) is 12.7 Å². The highest BCUT2D eigenvalue weighted by molar-refractivity contribution is 5.92. The van der Waals surface area contributed by atoms with Crippen LogP contribution in [-0.4, -0.2) is 27.7 Å². The molecule has 0 unspecified atom stereocenters. The molecule has 0 aliphatic carbocycles. The van der Waals surface area contributed by atoms with Gasteiger partial charge in [-0.1, -0.05) is 24.3 Å². The number of halogens is 1. The Hall–Kier alpha value is -2.53. The lowest BCUT2D eigenvalue weighted by Gasteiger charge is -2.27. The molecule has 2 heterocycles. The van der Waals surface area contributed by atoms with Crippen molar-refractivity contribution in [3.05, 3.63) is 65.7 Å². The lowest BCUT2D eigenvalue weighted by molar-refractivity contribution is 0.194. The van der Waals surface area contributed by atoms with Gasteiger partial charge in [-0.15, -0.1) is 0 Å². The van der Waals surface area contributed by atoms with Gasteiger partial charge in [0.15, 0.2) is 0 Å². The first-order chi connectivity index (χ1) is 11.6. The summed E-state index contributed by atoms with van der Waals surface area (Å²) in [5.74, 6) is 0.529. The van der Waals surface area contributed by atoms with E-state index in [1.54, 1.807) is 12.4 Å². The second-order valence-electron chi connectivity index (χ2n) is 6.28. The third-order valence-electron chi connectivity index (χ3n) is 4.64. The maximum absolute atomic E-state index is 13.7. The molecular weight excluding hydrogens is 305 g/mol. The van der Waals surface area contributed by atoms with Gasteiger partial charge in [0.05, 0.1) is 17.7 Å². The van der Waals surface area contributed by atoms with E-state index in [0.717, 1.165) is 27.8 Å². The van der Waals surface area contributed by atoms with Crippen LogP contribution in [0.3, 0.4) is 0 Å². The van der Waals surface area contributed by atoms with Crippen LogP contribution in [-0.2, 0) is 0 Å². The van der Waals surface area contributed by atoms with Crippen LogP contribution in [0.25, 0.3) is 10.9 Å². The number of β-amino-alcohol motifs (C(OH)–C–C–N with tert-alkyl or cyclic N) is 1. The highest BCUT2D eigenvalue weighted by Gasteiger charge is 2.34. The molecule has 1 fully saturated rings. The number of hydrogen-bond acceptors (Lipinski definition) is 4. The van der Waals surface area contributed by atoms with Crippen molar-refractivity contribution in [1.29, 1.82) is 0 Å². The smallest absolute Gasteiger partial charge is 0.140 e. The molecule has 0 saturated carbocycles. The number of aliphatic hydroxyl groups is 1. The Kier molecular flexibility index (Phi) is 3.65. The second kappa shape index (κ2) is 5.83. The molecule has 0 spiro atoms. The van der Waals surface area contributed by atoms with E-state index in [9.17, 15) is 9.50 Å². The van der Waals surface area contributed by atoms with Gasteiger partial charge >= 0.3 is 0 Å². The number of fused-ring (bicyclic) bond motifs is 1. The van der Waals surface area contributed by atoms with E-state index in [1.165, 1.54) is 12.1 Å². The lowest BCUT2D eigenvalue weighted by atomic mass is 10.0. The van der Waals surface area contributed by atoms with Crippen molar-refractivity contribution in [3.63, 3.8) is 0 Å². The van der Waals surface area contributed by atoms with Gasteiger partial charge in [0, 0.05) is 11.9 Å². The predicted octanol–water partition coefficient (Wildman–Crippen LogP) is 3.39. The summed E-state index contributed by atoms with van der Waals surface area (Å²) in [4.78, 5) is 10.9. The van der Waals surface area contributed by atoms with Gasteiger partial charge in [-0.2, -0.15) is 0 Å².